The van der Waals surface area contributed by atoms with Crippen LogP contribution in [0.5, 0.6) is 0 Å². The van der Waals surface area contributed by atoms with E-state index >= 15 is 0 Å². The van der Waals surface area contributed by atoms with E-state index in [1.807, 2.05) is 4.90 Å². The van der Waals surface area contributed by atoms with Crippen LogP contribution in [0, 0.1) is 17.0 Å². The molecule has 2 rings (SSSR count). The third kappa shape index (κ3) is 3.57. The average molecular weight is 295 g/mol. The van der Waals surface area contributed by atoms with Crippen LogP contribution in [0.1, 0.15) is 31.9 Å². The van der Waals surface area contributed by atoms with Gasteiger partial charge in [-0.2, -0.15) is 4.98 Å². The minimum absolute atomic E-state index is 0.0599. The van der Waals surface area contributed by atoms with Crippen molar-refractivity contribution in [3.05, 3.63) is 15.8 Å². The van der Waals surface area contributed by atoms with Gasteiger partial charge in [-0.1, -0.05) is 6.92 Å². The number of hydrogen-bond donors (Lipinski definition) is 1. The molecule has 8 nitrogen and oxygen atoms in total. The zero-order valence-electron chi connectivity index (χ0n) is 12.4. The molecular weight excluding hydrogens is 274 g/mol. The lowest BCUT2D eigenvalue weighted by molar-refractivity contribution is -0.385. The Kier molecular flexibility index (Phi) is 4.89. The Morgan fingerprint density at radius 3 is 2.95 bits per heavy atom. The molecule has 1 fully saturated rings. The number of ether oxygens (including phenoxy) is 1. The fraction of sp³-hybridized carbons (Fsp3) is 0.692. The van der Waals surface area contributed by atoms with Gasteiger partial charge in [0.25, 0.3) is 0 Å². The molecule has 1 aromatic heterocycles. The summed E-state index contributed by atoms with van der Waals surface area (Å²) < 4.78 is 5.76. The van der Waals surface area contributed by atoms with Crippen LogP contribution in [0.4, 0.5) is 17.5 Å². The first-order valence-corrected chi connectivity index (χ1v) is 7.18. The molecule has 1 aromatic rings. The molecule has 0 amide bonds. The van der Waals surface area contributed by atoms with Crippen LogP contribution in [-0.2, 0) is 4.74 Å². The summed E-state index contributed by atoms with van der Waals surface area (Å²) in [5.74, 6) is 0.361. The summed E-state index contributed by atoms with van der Waals surface area (Å²) in [5, 5.41) is 11.3. The van der Waals surface area contributed by atoms with Gasteiger partial charge in [-0.25, -0.2) is 4.98 Å². The minimum Gasteiger partial charge on any atom is -0.376 e. The molecule has 0 spiro atoms. The third-order valence-electron chi connectivity index (χ3n) is 3.48. The molecule has 0 saturated carbocycles. The maximum Gasteiger partial charge on any atom is 0.332 e. The van der Waals surface area contributed by atoms with Crippen molar-refractivity contribution < 1.29 is 9.66 Å². The minimum atomic E-state index is -0.444. The molecular formula is C13H21N5O3. The van der Waals surface area contributed by atoms with Crippen LogP contribution >= 0.6 is 0 Å². The molecule has 8 heteroatoms. The van der Waals surface area contributed by atoms with Crippen molar-refractivity contribution in [2.24, 2.45) is 0 Å². The summed E-state index contributed by atoms with van der Waals surface area (Å²) in [4.78, 5) is 20.7. The van der Waals surface area contributed by atoms with Gasteiger partial charge in [0.05, 0.1) is 11.0 Å². The molecule has 0 aromatic carbocycles. The highest BCUT2D eigenvalue weighted by Crippen LogP contribution is 2.31. The van der Waals surface area contributed by atoms with Crippen molar-refractivity contribution >= 4 is 17.5 Å². The van der Waals surface area contributed by atoms with E-state index in [9.17, 15) is 10.1 Å². The Hall–Kier alpha value is -1.96. The van der Waals surface area contributed by atoms with Crippen molar-refractivity contribution in [2.75, 3.05) is 30.3 Å². The van der Waals surface area contributed by atoms with E-state index < -0.39 is 4.92 Å². The van der Waals surface area contributed by atoms with Crippen LogP contribution in [-0.4, -0.2) is 40.7 Å². The molecule has 116 valence electrons. The predicted molar refractivity (Wildman–Crippen MR) is 79.3 cm³/mol. The van der Waals surface area contributed by atoms with Gasteiger partial charge >= 0.3 is 5.69 Å². The van der Waals surface area contributed by atoms with Crippen LogP contribution < -0.4 is 10.6 Å². The molecule has 21 heavy (non-hydrogen) atoms. The van der Waals surface area contributed by atoms with Gasteiger partial charge in [0, 0.05) is 19.7 Å². The maximum atomic E-state index is 11.3. The Labute approximate surface area is 123 Å². The number of aryl methyl sites for hydroxylation is 1. The van der Waals surface area contributed by atoms with E-state index in [-0.39, 0.29) is 17.7 Å². The number of nitrogens with two attached hydrogens (primary N) is 1. The first-order chi connectivity index (χ1) is 10.0. The molecule has 1 saturated heterocycles. The lowest BCUT2D eigenvalue weighted by Gasteiger charge is -2.33. The summed E-state index contributed by atoms with van der Waals surface area (Å²) in [6.45, 7) is 5.64. The standard InChI is InChI=1S/C13H21N5O3/c1-3-7-21-10-5-4-6-17(8-10)12-11(18(19)20)9(2)15-13(14)16-12/h10H,3-8H2,1-2H3,(H2,14,15,16). The van der Waals surface area contributed by atoms with E-state index in [1.165, 1.54) is 0 Å². The lowest BCUT2D eigenvalue weighted by atomic mass is 10.1. The first-order valence-electron chi connectivity index (χ1n) is 7.18. The molecule has 1 aliphatic heterocycles. The van der Waals surface area contributed by atoms with Gasteiger partial charge in [0.2, 0.25) is 11.8 Å². The van der Waals surface area contributed by atoms with Gasteiger partial charge < -0.3 is 15.4 Å². The lowest BCUT2D eigenvalue weighted by Crippen LogP contribution is -2.40. The van der Waals surface area contributed by atoms with Gasteiger partial charge in [-0.15, -0.1) is 0 Å². The highest BCUT2D eigenvalue weighted by molar-refractivity contribution is 5.62. The highest BCUT2D eigenvalue weighted by Gasteiger charge is 2.29. The fourth-order valence-electron chi connectivity index (χ4n) is 2.56. The maximum absolute atomic E-state index is 11.3. The van der Waals surface area contributed by atoms with E-state index in [1.54, 1.807) is 6.92 Å². The molecule has 0 aliphatic carbocycles. The Morgan fingerprint density at radius 2 is 2.29 bits per heavy atom. The summed E-state index contributed by atoms with van der Waals surface area (Å²) in [6, 6.07) is 0. The number of rotatable bonds is 5. The van der Waals surface area contributed by atoms with E-state index in [2.05, 4.69) is 16.9 Å². The molecule has 1 unspecified atom stereocenters. The second-order valence-electron chi connectivity index (χ2n) is 5.18. The van der Waals surface area contributed by atoms with Crippen LogP contribution in [0.15, 0.2) is 0 Å². The largest absolute Gasteiger partial charge is 0.376 e. The first kappa shape index (κ1) is 15.4. The Morgan fingerprint density at radius 1 is 1.52 bits per heavy atom. The molecule has 1 aliphatic rings. The second-order valence-corrected chi connectivity index (χ2v) is 5.18. The van der Waals surface area contributed by atoms with Crippen molar-refractivity contribution in [1.29, 1.82) is 0 Å². The molecule has 0 bridgehead atoms. The smallest absolute Gasteiger partial charge is 0.332 e. The van der Waals surface area contributed by atoms with E-state index in [0.717, 1.165) is 19.3 Å². The third-order valence-corrected chi connectivity index (χ3v) is 3.48. The van der Waals surface area contributed by atoms with Crippen LogP contribution in [0.2, 0.25) is 0 Å². The monoisotopic (exact) mass is 295 g/mol. The molecule has 0 radical (unpaired) electrons. The number of nitrogen functional groups attached to an aromatic ring is 1. The molecule has 2 N–H and O–H groups in total. The van der Waals surface area contributed by atoms with Gasteiger partial charge in [-0.3, -0.25) is 10.1 Å². The quantitative estimate of drug-likeness (QED) is 0.650. The zero-order chi connectivity index (χ0) is 15.4. The van der Waals surface area contributed by atoms with Crippen LogP contribution in [0.25, 0.3) is 0 Å². The molecule has 2 heterocycles. The van der Waals surface area contributed by atoms with Crippen LogP contribution in [0.3, 0.4) is 0 Å². The number of aromatic nitrogens is 2. The van der Waals surface area contributed by atoms with Gasteiger partial charge in [0.1, 0.15) is 5.69 Å². The normalized spacial score (nSPS) is 18.8. The van der Waals surface area contributed by atoms with E-state index in [4.69, 9.17) is 10.5 Å². The summed E-state index contributed by atoms with van der Waals surface area (Å²) >= 11 is 0. The van der Waals surface area contributed by atoms with Crippen molar-refractivity contribution in [3.63, 3.8) is 0 Å². The summed E-state index contributed by atoms with van der Waals surface area (Å²) in [6.07, 6.45) is 2.91. The Balaban J connectivity index is 2.26. The predicted octanol–water partition coefficient (Wildman–Crippen LogP) is 1.67. The number of piperidine rings is 1. The zero-order valence-corrected chi connectivity index (χ0v) is 12.4. The number of nitrogens with zero attached hydrogens (tertiary/aromatic N) is 4. The second kappa shape index (κ2) is 6.66. The van der Waals surface area contributed by atoms with Gasteiger partial charge in [-0.05, 0) is 26.2 Å². The molecule has 1 atom stereocenters. The fourth-order valence-corrected chi connectivity index (χ4v) is 2.56. The Bertz CT molecular complexity index is 523. The number of nitro groups is 1. The van der Waals surface area contributed by atoms with Crippen molar-refractivity contribution in [2.45, 2.75) is 39.2 Å². The topological polar surface area (TPSA) is 107 Å². The summed E-state index contributed by atoms with van der Waals surface area (Å²) in [5.41, 5.74) is 5.87. The number of hydrogen-bond acceptors (Lipinski definition) is 7. The highest BCUT2D eigenvalue weighted by atomic mass is 16.6. The van der Waals surface area contributed by atoms with Crippen molar-refractivity contribution in [1.82, 2.24) is 9.97 Å². The number of anilines is 2. The summed E-state index contributed by atoms with van der Waals surface area (Å²) in [7, 11) is 0. The van der Waals surface area contributed by atoms with Gasteiger partial charge in [0.15, 0.2) is 0 Å². The SMILES string of the molecule is CCCOC1CCCN(c2nc(N)nc(C)c2[N+](=O)[O-])C1. The van der Waals surface area contributed by atoms with E-state index in [0.29, 0.717) is 31.2 Å². The van der Waals surface area contributed by atoms with Crippen molar-refractivity contribution in [3.8, 4) is 0 Å². The average Bonchev–Trinajstić information content (AvgIpc) is 2.44.